The number of nitrogens with zero attached hydrogens (tertiary/aromatic N) is 1. The molecule has 138 valence electrons. The first kappa shape index (κ1) is 20.6. The van der Waals surface area contributed by atoms with Gasteiger partial charge in [0, 0.05) is 41.3 Å². The van der Waals surface area contributed by atoms with E-state index in [9.17, 15) is 18.0 Å². The van der Waals surface area contributed by atoms with Crippen LogP contribution in [0.4, 0.5) is 0 Å². The third kappa shape index (κ3) is 6.18. The van der Waals surface area contributed by atoms with Crippen molar-refractivity contribution in [2.75, 3.05) is 18.6 Å². The second kappa shape index (κ2) is 8.77. The molecule has 0 radical (unpaired) electrons. The summed E-state index contributed by atoms with van der Waals surface area (Å²) in [5.74, 6) is 0.168. The lowest BCUT2D eigenvalue weighted by Gasteiger charge is -2.31. The normalized spacial score (nSPS) is 17.2. The van der Waals surface area contributed by atoms with Crippen molar-refractivity contribution in [1.82, 2.24) is 4.90 Å². The predicted octanol–water partition coefficient (Wildman–Crippen LogP) is 3.14. The SMILES string of the molecule is CN(C(=O)CCC(=O)Cc1ccc(Br)cc1Br)C1CCS(=O)(=O)CC1. The minimum atomic E-state index is -2.94. The van der Waals surface area contributed by atoms with E-state index in [-0.39, 0.29) is 48.5 Å². The summed E-state index contributed by atoms with van der Waals surface area (Å²) in [6, 6.07) is 5.59. The lowest BCUT2D eigenvalue weighted by atomic mass is 10.0. The summed E-state index contributed by atoms with van der Waals surface area (Å²) in [5, 5.41) is 0. The van der Waals surface area contributed by atoms with Gasteiger partial charge in [0.2, 0.25) is 5.91 Å². The molecule has 0 aromatic heterocycles. The molecule has 0 spiro atoms. The number of halogens is 2. The minimum Gasteiger partial charge on any atom is -0.343 e. The van der Waals surface area contributed by atoms with E-state index in [2.05, 4.69) is 31.9 Å². The molecule has 1 amide bonds. The Morgan fingerprint density at radius 1 is 1.16 bits per heavy atom. The Balaban J connectivity index is 1.81. The van der Waals surface area contributed by atoms with Crippen molar-refractivity contribution in [2.45, 2.75) is 38.1 Å². The molecule has 1 aromatic rings. The van der Waals surface area contributed by atoms with Gasteiger partial charge < -0.3 is 4.90 Å². The number of carbonyl (C=O) groups is 2. The van der Waals surface area contributed by atoms with E-state index < -0.39 is 9.84 Å². The van der Waals surface area contributed by atoms with E-state index in [0.29, 0.717) is 12.8 Å². The van der Waals surface area contributed by atoms with Crippen LogP contribution in [0.15, 0.2) is 27.1 Å². The molecule has 0 unspecified atom stereocenters. The first-order valence-corrected chi connectivity index (χ1v) is 11.5. The summed E-state index contributed by atoms with van der Waals surface area (Å²) in [5.41, 5.74) is 0.895. The number of amides is 1. The largest absolute Gasteiger partial charge is 0.343 e. The number of ketones is 1. The van der Waals surface area contributed by atoms with Gasteiger partial charge in [0.15, 0.2) is 0 Å². The van der Waals surface area contributed by atoms with Crippen LogP contribution in [0.25, 0.3) is 0 Å². The molecular weight excluding hydrogens is 474 g/mol. The number of hydrogen-bond donors (Lipinski definition) is 0. The fourth-order valence-corrected chi connectivity index (χ4v) is 5.51. The number of carbonyl (C=O) groups excluding carboxylic acids is 2. The third-order valence-corrected chi connectivity index (χ3v) is 7.43. The molecule has 2 rings (SSSR count). The monoisotopic (exact) mass is 493 g/mol. The highest BCUT2D eigenvalue weighted by molar-refractivity contribution is 9.11. The van der Waals surface area contributed by atoms with Crippen LogP contribution in [-0.2, 0) is 25.8 Å². The van der Waals surface area contributed by atoms with Gasteiger partial charge >= 0.3 is 0 Å². The smallest absolute Gasteiger partial charge is 0.223 e. The van der Waals surface area contributed by atoms with Crippen LogP contribution in [0.2, 0.25) is 0 Å². The molecule has 25 heavy (non-hydrogen) atoms. The van der Waals surface area contributed by atoms with Crippen molar-refractivity contribution >= 4 is 53.4 Å². The highest BCUT2D eigenvalue weighted by Gasteiger charge is 2.28. The van der Waals surface area contributed by atoms with E-state index >= 15 is 0 Å². The van der Waals surface area contributed by atoms with Crippen molar-refractivity contribution in [3.05, 3.63) is 32.7 Å². The topological polar surface area (TPSA) is 71.5 Å². The van der Waals surface area contributed by atoms with E-state index in [1.807, 2.05) is 18.2 Å². The second-order valence-corrected chi connectivity index (χ2v) is 10.4. The highest BCUT2D eigenvalue weighted by atomic mass is 79.9. The van der Waals surface area contributed by atoms with Crippen molar-refractivity contribution in [3.63, 3.8) is 0 Å². The zero-order valence-corrected chi connectivity index (χ0v) is 18.0. The van der Waals surface area contributed by atoms with Crippen LogP contribution >= 0.6 is 31.9 Å². The summed E-state index contributed by atoms with van der Waals surface area (Å²) in [4.78, 5) is 26.0. The quantitative estimate of drug-likeness (QED) is 0.609. The van der Waals surface area contributed by atoms with Gasteiger partial charge in [-0.15, -0.1) is 0 Å². The molecule has 0 saturated carbocycles. The minimum absolute atomic E-state index is 0.0102. The van der Waals surface area contributed by atoms with E-state index in [1.54, 1.807) is 11.9 Å². The number of Topliss-reactive ketones (excluding diaryl/α,β-unsaturated/α-hetero) is 1. The Labute approximate surface area is 165 Å². The van der Waals surface area contributed by atoms with Crippen LogP contribution in [0, 0.1) is 0 Å². The maximum atomic E-state index is 12.3. The van der Waals surface area contributed by atoms with Crippen LogP contribution < -0.4 is 0 Å². The summed E-state index contributed by atoms with van der Waals surface area (Å²) in [6.07, 6.45) is 1.59. The lowest BCUT2D eigenvalue weighted by molar-refractivity contribution is -0.134. The van der Waals surface area contributed by atoms with E-state index in [4.69, 9.17) is 0 Å². The Bertz CT molecular complexity index is 750. The van der Waals surface area contributed by atoms with Crippen molar-refractivity contribution < 1.29 is 18.0 Å². The number of benzene rings is 1. The second-order valence-electron chi connectivity index (χ2n) is 6.34. The van der Waals surface area contributed by atoms with Gasteiger partial charge in [-0.1, -0.05) is 37.9 Å². The van der Waals surface area contributed by atoms with Crippen LogP contribution in [0.5, 0.6) is 0 Å². The van der Waals surface area contributed by atoms with Gasteiger partial charge in [-0.2, -0.15) is 0 Å². The van der Waals surface area contributed by atoms with Crippen LogP contribution in [0.3, 0.4) is 0 Å². The molecule has 0 bridgehead atoms. The average Bonchev–Trinajstić information content (AvgIpc) is 2.54. The van der Waals surface area contributed by atoms with E-state index in [0.717, 1.165) is 14.5 Å². The maximum Gasteiger partial charge on any atom is 0.223 e. The first-order valence-electron chi connectivity index (χ1n) is 8.09. The summed E-state index contributed by atoms with van der Waals surface area (Å²) in [6.45, 7) is 0. The molecule has 0 aliphatic carbocycles. The Hall–Kier alpha value is -0.730. The third-order valence-electron chi connectivity index (χ3n) is 4.49. The number of sulfone groups is 1. The molecule has 1 heterocycles. The average molecular weight is 495 g/mol. The Morgan fingerprint density at radius 3 is 2.40 bits per heavy atom. The fourth-order valence-electron chi connectivity index (χ4n) is 2.86. The zero-order valence-electron chi connectivity index (χ0n) is 14.0. The van der Waals surface area contributed by atoms with Gasteiger partial charge in [-0.3, -0.25) is 9.59 Å². The Kier molecular flexibility index (Phi) is 7.22. The summed E-state index contributed by atoms with van der Waals surface area (Å²) in [7, 11) is -1.25. The standard InChI is InChI=1S/C17H21Br2NO4S/c1-20(14-6-8-25(23,24)9-7-14)17(22)5-4-15(21)10-12-2-3-13(18)11-16(12)19/h2-3,11,14H,4-10H2,1H3. The lowest BCUT2D eigenvalue weighted by Crippen LogP contribution is -2.42. The highest BCUT2D eigenvalue weighted by Crippen LogP contribution is 2.23. The maximum absolute atomic E-state index is 12.3. The number of rotatable bonds is 6. The predicted molar refractivity (Wildman–Crippen MR) is 104 cm³/mol. The fraction of sp³-hybridized carbons (Fsp3) is 0.529. The van der Waals surface area contributed by atoms with Gasteiger partial charge in [0.25, 0.3) is 0 Å². The van der Waals surface area contributed by atoms with Gasteiger partial charge in [-0.05, 0) is 30.5 Å². The van der Waals surface area contributed by atoms with Crippen molar-refractivity contribution in [3.8, 4) is 0 Å². The molecule has 1 aromatic carbocycles. The molecule has 1 aliphatic heterocycles. The zero-order chi connectivity index (χ0) is 18.6. The first-order chi connectivity index (χ1) is 11.7. The molecule has 1 fully saturated rings. The van der Waals surface area contributed by atoms with Crippen LogP contribution in [0.1, 0.15) is 31.2 Å². The van der Waals surface area contributed by atoms with Gasteiger partial charge in [0.1, 0.15) is 15.6 Å². The molecule has 1 saturated heterocycles. The summed E-state index contributed by atoms with van der Waals surface area (Å²) < 4.78 is 24.7. The van der Waals surface area contributed by atoms with Crippen molar-refractivity contribution in [1.29, 1.82) is 0 Å². The summed E-state index contributed by atoms with van der Waals surface area (Å²) >= 11 is 6.80. The molecule has 8 heteroatoms. The molecule has 0 N–H and O–H groups in total. The Morgan fingerprint density at radius 2 is 1.80 bits per heavy atom. The molecular formula is C17H21Br2NO4S. The molecule has 5 nitrogen and oxygen atoms in total. The molecule has 1 aliphatic rings. The molecule has 0 atom stereocenters. The van der Waals surface area contributed by atoms with Crippen molar-refractivity contribution in [2.24, 2.45) is 0 Å². The van der Waals surface area contributed by atoms with Gasteiger partial charge in [-0.25, -0.2) is 8.42 Å². The van der Waals surface area contributed by atoms with Gasteiger partial charge in [0.05, 0.1) is 11.5 Å². The van der Waals surface area contributed by atoms with Crippen LogP contribution in [-0.4, -0.2) is 49.6 Å². The van der Waals surface area contributed by atoms with E-state index in [1.165, 1.54) is 0 Å². The number of hydrogen-bond acceptors (Lipinski definition) is 4.